The fourth-order valence-corrected chi connectivity index (χ4v) is 2.49. The lowest BCUT2D eigenvalue weighted by molar-refractivity contribution is 0.622. The molecule has 21 heavy (non-hydrogen) atoms. The zero-order valence-corrected chi connectivity index (χ0v) is 13.3. The van der Waals surface area contributed by atoms with Crippen LogP contribution >= 0.6 is 0 Å². The molecule has 2 aromatic carbocycles. The number of rotatable bonds is 5. The van der Waals surface area contributed by atoms with Crippen molar-refractivity contribution in [3.63, 3.8) is 0 Å². The monoisotopic (exact) mass is 285 g/mol. The van der Waals surface area contributed by atoms with E-state index >= 15 is 0 Å². The van der Waals surface area contributed by atoms with Gasteiger partial charge < -0.3 is 5.32 Å². The molecule has 0 aliphatic carbocycles. The Hall–Kier alpha value is -1.67. The molecular weight excluding hydrogens is 261 g/mol. The fourth-order valence-electron chi connectivity index (χ4n) is 2.49. The van der Waals surface area contributed by atoms with Crippen LogP contribution in [0.15, 0.2) is 42.5 Å². The van der Waals surface area contributed by atoms with Crippen LogP contribution in [0.25, 0.3) is 11.1 Å². The van der Waals surface area contributed by atoms with Gasteiger partial charge in [-0.1, -0.05) is 44.2 Å². The molecule has 0 aliphatic rings. The molecule has 1 nitrogen and oxygen atoms in total. The topological polar surface area (TPSA) is 12.0 Å². The van der Waals surface area contributed by atoms with E-state index in [1.807, 2.05) is 31.3 Å². The number of benzene rings is 2. The molecule has 0 saturated carbocycles. The smallest absolute Gasteiger partial charge is 0.131 e. The zero-order chi connectivity index (χ0) is 15.4. The van der Waals surface area contributed by atoms with Gasteiger partial charge in [-0.2, -0.15) is 0 Å². The Labute approximate surface area is 127 Å². The SMILES string of the molecule is CNC(C)c1ccc(F)c(-c2ccc(CC(C)C)cc2)c1. The van der Waals surface area contributed by atoms with E-state index in [0.29, 0.717) is 11.5 Å². The molecule has 2 rings (SSSR count). The van der Waals surface area contributed by atoms with Crippen LogP contribution in [0.5, 0.6) is 0 Å². The second-order valence-corrected chi connectivity index (χ2v) is 6.04. The van der Waals surface area contributed by atoms with E-state index in [2.05, 4.69) is 38.2 Å². The minimum absolute atomic E-state index is 0.168. The Morgan fingerprint density at radius 3 is 2.24 bits per heavy atom. The highest BCUT2D eigenvalue weighted by molar-refractivity contribution is 5.65. The van der Waals surface area contributed by atoms with E-state index in [9.17, 15) is 4.39 Å². The van der Waals surface area contributed by atoms with E-state index in [1.165, 1.54) is 5.56 Å². The largest absolute Gasteiger partial charge is 0.313 e. The van der Waals surface area contributed by atoms with Gasteiger partial charge in [0.1, 0.15) is 5.82 Å². The maximum atomic E-state index is 14.1. The summed E-state index contributed by atoms with van der Waals surface area (Å²) in [4.78, 5) is 0. The molecule has 0 heterocycles. The first-order chi connectivity index (χ1) is 10.0. The van der Waals surface area contributed by atoms with E-state index < -0.39 is 0 Å². The van der Waals surface area contributed by atoms with Crippen LogP contribution in [0.2, 0.25) is 0 Å². The summed E-state index contributed by atoms with van der Waals surface area (Å²) >= 11 is 0. The summed E-state index contributed by atoms with van der Waals surface area (Å²) < 4.78 is 14.1. The molecule has 112 valence electrons. The van der Waals surface area contributed by atoms with Gasteiger partial charge in [0.2, 0.25) is 0 Å². The highest BCUT2D eigenvalue weighted by Crippen LogP contribution is 2.27. The Bertz CT molecular complexity index is 587. The van der Waals surface area contributed by atoms with Gasteiger partial charge in [-0.3, -0.25) is 0 Å². The van der Waals surface area contributed by atoms with Crippen molar-refractivity contribution in [3.05, 3.63) is 59.4 Å². The quantitative estimate of drug-likeness (QED) is 0.817. The standard InChI is InChI=1S/C19H24FN/c1-13(2)11-15-5-7-16(8-6-15)18-12-17(14(3)21-4)9-10-19(18)20/h5-10,12-14,21H,11H2,1-4H3. The minimum atomic E-state index is -0.168. The van der Waals surface area contributed by atoms with Gasteiger partial charge in [0.15, 0.2) is 0 Å². The van der Waals surface area contributed by atoms with Gasteiger partial charge in [-0.15, -0.1) is 0 Å². The summed E-state index contributed by atoms with van der Waals surface area (Å²) in [7, 11) is 1.91. The van der Waals surface area contributed by atoms with Crippen LogP contribution in [-0.2, 0) is 6.42 Å². The molecule has 0 radical (unpaired) electrons. The van der Waals surface area contributed by atoms with Crippen LogP contribution in [-0.4, -0.2) is 7.05 Å². The number of hydrogen-bond donors (Lipinski definition) is 1. The maximum Gasteiger partial charge on any atom is 0.131 e. The van der Waals surface area contributed by atoms with E-state index in [-0.39, 0.29) is 11.9 Å². The van der Waals surface area contributed by atoms with E-state index in [4.69, 9.17) is 0 Å². The lowest BCUT2D eigenvalue weighted by Crippen LogP contribution is -2.12. The Morgan fingerprint density at radius 2 is 1.67 bits per heavy atom. The predicted octanol–water partition coefficient (Wildman–Crippen LogP) is 4.97. The first-order valence-corrected chi connectivity index (χ1v) is 7.57. The molecular formula is C19H24FN. The highest BCUT2D eigenvalue weighted by atomic mass is 19.1. The van der Waals surface area contributed by atoms with Gasteiger partial charge >= 0.3 is 0 Å². The molecule has 1 atom stereocenters. The number of hydrogen-bond acceptors (Lipinski definition) is 1. The summed E-state index contributed by atoms with van der Waals surface area (Å²) in [6.45, 7) is 6.48. The molecule has 2 aromatic rings. The third-order valence-electron chi connectivity index (χ3n) is 3.83. The maximum absolute atomic E-state index is 14.1. The van der Waals surface area contributed by atoms with Crippen molar-refractivity contribution in [3.8, 4) is 11.1 Å². The van der Waals surface area contributed by atoms with Crippen molar-refractivity contribution in [2.24, 2.45) is 5.92 Å². The molecule has 0 aliphatic heterocycles. The van der Waals surface area contributed by atoms with Gasteiger partial charge in [0.05, 0.1) is 0 Å². The average Bonchev–Trinajstić information content (AvgIpc) is 2.47. The average molecular weight is 285 g/mol. The van der Waals surface area contributed by atoms with Crippen molar-refractivity contribution in [1.29, 1.82) is 0 Å². The third kappa shape index (κ3) is 3.92. The molecule has 0 aromatic heterocycles. The van der Waals surface area contributed by atoms with Crippen molar-refractivity contribution in [2.75, 3.05) is 7.05 Å². The van der Waals surface area contributed by atoms with Gasteiger partial charge in [0, 0.05) is 11.6 Å². The van der Waals surface area contributed by atoms with Crippen LogP contribution in [0, 0.1) is 11.7 Å². The lowest BCUT2D eigenvalue weighted by Gasteiger charge is -2.13. The van der Waals surface area contributed by atoms with Crippen molar-refractivity contribution in [1.82, 2.24) is 5.32 Å². The van der Waals surface area contributed by atoms with Crippen molar-refractivity contribution < 1.29 is 4.39 Å². The molecule has 0 spiro atoms. The van der Waals surface area contributed by atoms with Gasteiger partial charge in [0.25, 0.3) is 0 Å². The summed E-state index contributed by atoms with van der Waals surface area (Å²) in [5, 5.41) is 3.19. The molecule has 0 bridgehead atoms. The lowest BCUT2D eigenvalue weighted by atomic mass is 9.97. The third-order valence-corrected chi connectivity index (χ3v) is 3.83. The van der Waals surface area contributed by atoms with Crippen LogP contribution in [0.3, 0.4) is 0 Å². The molecule has 0 saturated heterocycles. The van der Waals surface area contributed by atoms with E-state index in [1.54, 1.807) is 6.07 Å². The first kappa shape index (κ1) is 15.7. The minimum Gasteiger partial charge on any atom is -0.313 e. The van der Waals surface area contributed by atoms with Crippen LogP contribution < -0.4 is 5.32 Å². The van der Waals surface area contributed by atoms with Crippen LogP contribution in [0.4, 0.5) is 4.39 Å². The molecule has 1 unspecified atom stereocenters. The molecule has 2 heteroatoms. The number of halogens is 1. The number of nitrogens with one attached hydrogen (secondary N) is 1. The normalized spacial score (nSPS) is 12.7. The fraction of sp³-hybridized carbons (Fsp3) is 0.368. The second-order valence-electron chi connectivity index (χ2n) is 6.04. The summed E-state index contributed by atoms with van der Waals surface area (Å²) in [6.07, 6.45) is 1.06. The van der Waals surface area contributed by atoms with Gasteiger partial charge in [-0.25, -0.2) is 4.39 Å². The highest BCUT2D eigenvalue weighted by Gasteiger charge is 2.10. The Kier molecular flexibility index (Phi) is 5.13. The Morgan fingerprint density at radius 1 is 1.00 bits per heavy atom. The predicted molar refractivity (Wildman–Crippen MR) is 87.9 cm³/mol. The molecule has 0 fully saturated rings. The molecule has 0 amide bonds. The van der Waals surface area contributed by atoms with Crippen LogP contribution in [0.1, 0.15) is 37.9 Å². The second kappa shape index (κ2) is 6.86. The van der Waals surface area contributed by atoms with Gasteiger partial charge in [-0.05, 0) is 55.1 Å². The van der Waals surface area contributed by atoms with E-state index in [0.717, 1.165) is 17.5 Å². The van der Waals surface area contributed by atoms with Crippen molar-refractivity contribution >= 4 is 0 Å². The summed E-state index contributed by atoms with van der Waals surface area (Å²) in [5.74, 6) is 0.464. The zero-order valence-electron chi connectivity index (χ0n) is 13.3. The molecule has 1 N–H and O–H groups in total. The summed E-state index contributed by atoms with van der Waals surface area (Å²) in [6, 6.07) is 13.8. The Balaban J connectivity index is 2.32. The summed E-state index contributed by atoms with van der Waals surface area (Å²) in [5.41, 5.74) is 4.00. The first-order valence-electron chi connectivity index (χ1n) is 7.57. The van der Waals surface area contributed by atoms with Crippen molar-refractivity contribution in [2.45, 2.75) is 33.2 Å².